The maximum absolute atomic E-state index is 5.40. The van der Waals surface area contributed by atoms with E-state index in [9.17, 15) is 0 Å². The van der Waals surface area contributed by atoms with Gasteiger partial charge in [0.05, 0.1) is 6.61 Å². The van der Waals surface area contributed by atoms with Gasteiger partial charge in [0.2, 0.25) is 0 Å². The standard InChI is InChI=1S/C12H23NOS/c1-14-10-12(6-4-7-13-12)9-11-5-2-3-8-15-11/h11,13H,2-10H2,1H3. The van der Waals surface area contributed by atoms with Gasteiger partial charge in [0.15, 0.2) is 0 Å². The molecule has 0 aromatic rings. The van der Waals surface area contributed by atoms with Crippen LogP contribution in [0.5, 0.6) is 0 Å². The minimum Gasteiger partial charge on any atom is -0.383 e. The Hall–Kier alpha value is 0.270. The van der Waals surface area contributed by atoms with Crippen molar-refractivity contribution in [2.75, 3.05) is 26.0 Å². The Labute approximate surface area is 97.5 Å². The second-order valence-electron chi connectivity index (χ2n) is 4.94. The van der Waals surface area contributed by atoms with E-state index in [1.54, 1.807) is 0 Å². The molecule has 2 saturated heterocycles. The molecule has 0 aromatic carbocycles. The van der Waals surface area contributed by atoms with Crippen LogP contribution in [0.1, 0.15) is 38.5 Å². The van der Waals surface area contributed by atoms with E-state index in [1.165, 1.54) is 50.8 Å². The molecule has 88 valence electrons. The highest BCUT2D eigenvalue weighted by Crippen LogP contribution is 2.34. The Bertz CT molecular complexity index is 186. The molecule has 0 aliphatic carbocycles. The minimum absolute atomic E-state index is 0.309. The van der Waals surface area contributed by atoms with Gasteiger partial charge >= 0.3 is 0 Å². The number of nitrogens with one attached hydrogen (secondary N) is 1. The fraction of sp³-hybridized carbons (Fsp3) is 1.00. The highest BCUT2D eigenvalue weighted by atomic mass is 32.2. The van der Waals surface area contributed by atoms with Crippen molar-refractivity contribution in [1.29, 1.82) is 0 Å². The van der Waals surface area contributed by atoms with Crippen LogP contribution in [-0.2, 0) is 4.74 Å². The lowest BCUT2D eigenvalue weighted by Crippen LogP contribution is -2.46. The summed E-state index contributed by atoms with van der Waals surface area (Å²) in [7, 11) is 1.83. The Morgan fingerprint density at radius 1 is 1.40 bits per heavy atom. The summed E-state index contributed by atoms with van der Waals surface area (Å²) in [5, 5.41) is 4.55. The highest BCUT2D eigenvalue weighted by molar-refractivity contribution is 7.99. The van der Waals surface area contributed by atoms with Crippen molar-refractivity contribution in [3.63, 3.8) is 0 Å². The van der Waals surface area contributed by atoms with Crippen molar-refractivity contribution in [3.8, 4) is 0 Å². The first kappa shape index (κ1) is 11.7. The van der Waals surface area contributed by atoms with Crippen molar-refractivity contribution in [2.45, 2.75) is 49.3 Å². The molecule has 2 unspecified atom stereocenters. The minimum atomic E-state index is 0.309. The lowest BCUT2D eigenvalue weighted by Gasteiger charge is -2.34. The van der Waals surface area contributed by atoms with Gasteiger partial charge in [0.1, 0.15) is 0 Å². The molecule has 2 fully saturated rings. The lowest BCUT2D eigenvalue weighted by atomic mass is 9.90. The zero-order valence-electron chi connectivity index (χ0n) is 9.76. The molecule has 2 nitrogen and oxygen atoms in total. The van der Waals surface area contributed by atoms with E-state index in [4.69, 9.17) is 4.74 Å². The Kier molecular flexibility index (Phi) is 4.35. The molecule has 3 heteroatoms. The van der Waals surface area contributed by atoms with Gasteiger partial charge in [-0.05, 0) is 44.4 Å². The predicted octanol–water partition coefficient (Wildman–Crippen LogP) is 2.43. The predicted molar refractivity (Wildman–Crippen MR) is 66.6 cm³/mol. The zero-order chi connectivity index (χ0) is 10.6. The maximum atomic E-state index is 5.40. The van der Waals surface area contributed by atoms with Crippen LogP contribution in [-0.4, -0.2) is 36.8 Å². The van der Waals surface area contributed by atoms with Crippen molar-refractivity contribution in [2.24, 2.45) is 0 Å². The molecule has 2 aliphatic rings. The van der Waals surface area contributed by atoms with Crippen LogP contribution in [0.2, 0.25) is 0 Å². The van der Waals surface area contributed by atoms with Crippen LogP contribution in [0.4, 0.5) is 0 Å². The Morgan fingerprint density at radius 3 is 2.93 bits per heavy atom. The van der Waals surface area contributed by atoms with Crippen LogP contribution in [0.25, 0.3) is 0 Å². The third-order valence-electron chi connectivity index (χ3n) is 3.65. The van der Waals surface area contributed by atoms with Crippen LogP contribution < -0.4 is 5.32 Å². The van der Waals surface area contributed by atoms with Gasteiger partial charge in [-0.25, -0.2) is 0 Å². The van der Waals surface area contributed by atoms with Crippen molar-refractivity contribution in [1.82, 2.24) is 5.32 Å². The Balaban J connectivity index is 1.87. The first-order valence-electron chi connectivity index (χ1n) is 6.20. The molecular weight excluding hydrogens is 206 g/mol. The molecule has 0 spiro atoms. The molecule has 1 N–H and O–H groups in total. The number of hydrogen-bond donors (Lipinski definition) is 1. The molecule has 2 atom stereocenters. The van der Waals surface area contributed by atoms with Gasteiger partial charge in [-0.2, -0.15) is 11.8 Å². The van der Waals surface area contributed by atoms with Gasteiger partial charge in [-0.15, -0.1) is 0 Å². The third kappa shape index (κ3) is 3.11. The van der Waals surface area contributed by atoms with Crippen LogP contribution in [0.3, 0.4) is 0 Å². The second-order valence-corrected chi connectivity index (χ2v) is 6.34. The summed E-state index contributed by atoms with van der Waals surface area (Å²) in [5.74, 6) is 1.37. The molecule has 2 aliphatic heterocycles. The average Bonchev–Trinajstić information content (AvgIpc) is 2.69. The highest BCUT2D eigenvalue weighted by Gasteiger charge is 2.36. The summed E-state index contributed by atoms with van der Waals surface area (Å²) < 4.78 is 5.40. The smallest absolute Gasteiger partial charge is 0.0644 e. The number of methoxy groups -OCH3 is 1. The molecule has 15 heavy (non-hydrogen) atoms. The molecule has 0 bridgehead atoms. The molecule has 2 heterocycles. The molecular formula is C12H23NOS. The summed E-state index contributed by atoms with van der Waals surface area (Å²) in [4.78, 5) is 0. The Morgan fingerprint density at radius 2 is 2.33 bits per heavy atom. The monoisotopic (exact) mass is 229 g/mol. The fourth-order valence-corrected chi connectivity index (χ4v) is 4.38. The van der Waals surface area contributed by atoms with E-state index >= 15 is 0 Å². The summed E-state index contributed by atoms with van der Waals surface area (Å²) in [6, 6.07) is 0. The van der Waals surface area contributed by atoms with E-state index in [1.807, 2.05) is 7.11 Å². The maximum Gasteiger partial charge on any atom is 0.0644 e. The van der Waals surface area contributed by atoms with Gasteiger partial charge in [-0.1, -0.05) is 6.42 Å². The van der Waals surface area contributed by atoms with E-state index < -0.39 is 0 Å². The molecule has 0 amide bonds. The lowest BCUT2D eigenvalue weighted by molar-refractivity contribution is 0.113. The van der Waals surface area contributed by atoms with Gasteiger partial charge in [0, 0.05) is 17.9 Å². The quantitative estimate of drug-likeness (QED) is 0.800. The van der Waals surface area contributed by atoms with Gasteiger partial charge in [-0.3, -0.25) is 0 Å². The van der Waals surface area contributed by atoms with E-state index in [2.05, 4.69) is 17.1 Å². The summed E-state index contributed by atoms with van der Waals surface area (Å²) in [6.45, 7) is 2.07. The first-order valence-corrected chi connectivity index (χ1v) is 7.25. The SMILES string of the molecule is COCC1(CC2CCCCS2)CCCN1. The van der Waals surface area contributed by atoms with E-state index in [0.29, 0.717) is 5.54 Å². The number of hydrogen-bond acceptors (Lipinski definition) is 3. The normalized spacial score (nSPS) is 37.0. The fourth-order valence-electron chi connectivity index (χ4n) is 2.91. The molecule has 0 radical (unpaired) electrons. The molecule has 0 aromatic heterocycles. The topological polar surface area (TPSA) is 21.3 Å². The van der Waals surface area contributed by atoms with E-state index in [-0.39, 0.29) is 0 Å². The summed E-state index contributed by atoms with van der Waals surface area (Å²) >= 11 is 2.18. The van der Waals surface area contributed by atoms with Crippen LogP contribution >= 0.6 is 11.8 Å². The average molecular weight is 229 g/mol. The van der Waals surface area contributed by atoms with Crippen molar-refractivity contribution < 1.29 is 4.74 Å². The number of rotatable bonds is 4. The van der Waals surface area contributed by atoms with Gasteiger partial charge in [0.25, 0.3) is 0 Å². The second kappa shape index (κ2) is 5.55. The molecule has 2 rings (SSSR count). The number of ether oxygens (including phenoxy) is 1. The largest absolute Gasteiger partial charge is 0.383 e. The summed E-state index contributed by atoms with van der Waals surface area (Å²) in [6.07, 6.45) is 8.20. The van der Waals surface area contributed by atoms with Gasteiger partial charge < -0.3 is 10.1 Å². The van der Waals surface area contributed by atoms with Crippen molar-refractivity contribution in [3.05, 3.63) is 0 Å². The van der Waals surface area contributed by atoms with Crippen molar-refractivity contribution >= 4 is 11.8 Å². The molecule has 0 saturated carbocycles. The van der Waals surface area contributed by atoms with Crippen LogP contribution in [0, 0.1) is 0 Å². The summed E-state index contributed by atoms with van der Waals surface area (Å²) in [5.41, 5.74) is 0.309. The van der Waals surface area contributed by atoms with E-state index in [0.717, 1.165) is 11.9 Å². The van der Waals surface area contributed by atoms with Crippen LogP contribution in [0.15, 0.2) is 0 Å². The third-order valence-corrected chi connectivity index (χ3v) is 5.04. The zero-order valence-corrected chi connectivity index (χ0v) is 10.6. The first-order chi connectivity index (χ1) is 7.35. The number of thioether (sulfide) groups is 1.